The Morgan fingerprint density at radius 1 is 1.20 bits per heavy atom. The van der Waals surface area contributed by atoms with E-state index >= 15 is 0 Å². The summed E-state index contributed by atoms with van der Waals surface area (Å²) in [6.07, 6.45) is 0. The molecule has 0 atom stereocenters. The van der Waals surface area contributed by atoms with Gasteiger partial charge in [0, 0.05) is 11.1 Å². The van der Waals surface area contributed by atoms with Crippen LogP contribution in [-0.2, 0) is 0 Å². The zero-order valence-electron chi connectivity index (χ0n) is 5.21. The number of fused-ring (bicyclic) bond motifs is 1. The molecule has 2 aliphatic carbocycles. The first-order valence-electron chi connectivity index (χ1n) is 2.82. The molecule has 0 spiro atoms. The van der Waals surface area contributed by atoms with Gasteiger partial charge in [0.25, 0.3) is 0 Å². The molecule has 0 unspecified atom stereocenters. The number of hydrogen-bond donors (Lipinski definition) is 2. The first-order valence-corrected chi connectivity index (χ1v) is 2.82. The highest BCUT2D eigenvalue weighted by atomic mass is 19.1. The molecule has 2 N–H and O–H groups in total. The summed E-state index contributed by atoms with van der Waals surface area (Å²) in [5.41, 5.74) is 1.61. The van der Waals surface area contributed by atoms with Crippen LogP contribution in [-0.4, -0.2) is 17.7 Å². The van der Waals surface area contributed by atoms with Crippen LogP contribution >= 0.6 is 0 Å². The van der Waals surface area contributed by atoms with Crippen LogP contribution in [0, 0.1) is 5.82 Å². The van der Waals surface area contributed by atoms with Gasteiger partial charge in [0.1, 0.15) is 5.82 Å². The van der Waals surface area contributed by atoms with Crippen molar-refractivity contribution in [2.24, 2.45) is 0 Å². The lowest BCUT2D eigenvalue weighted by atomic mass is 10.5. The molecule has 0 aromatic carbocycles. The van der Waals surface area contributed by atoms with E-state index in [9.17, 15) is 4.39 Å². The topological polar surface area (TPSA) is 40.5 Å². The van der Waals surface area contributed by atoms with Gasteiger partial charge in [-0.3, -0.25) is 0 Å². The van der Waals surface area contributed by atoms with Gasteiger partial charge in [-0.05, 0) is 0 Å². The summed E-state index contributed by atoms with van der Waals surface area (Å²) in [5.74, 6) is -0.0116. The highest BCUT2D eigenvalue weighted by molar-refractivity contribution is 6.13. The van der Waals surface area contributed by atoms with E-state index in [1.54, 1.807) is 12.1 Å². The molecule has 2 aliphatic rings. The Morgan fingerprint density at radius 3 is 1.80 bits per heavy atom. The van der Waals surface area contributed by atoms with E-state index in [-0.39, 0.29) is 5.82 Å². The maximum atomic E-state index is 12.0. The van der Waals surface area contributed by atoms with Crippen molar-refractivity contribution in [1.82, 2.24) is 0 Å². The van der Waals surface area contributed by atoms with Crippen LogP contribution in [0.1, 0.15) is 0 Å². The summed E-state index contributed by atoms with van der Waals surface area (Å²) in [5, 5.41) is 14.2. The van der Waals surface area contributed by atoms with Gasteiger partial charge >= 0.3 is 7.69 Å². The van der Waals surface area contributed by atoms with Crippen LogP contribution in [0.5, 0.6) is 0 Å². The standard InChI is InChI=1S/C6H3F.BH3O2/c7-6-4-2-1-3-5(4)6;2-1-3/h1-3H;1-3H. The molecule has 0 aromatic rings. The summed E-state index contributed by atoms with van der Waals surface area (Å²) < 4.78 is 12.0. The predicted octanol–water partition coefficient (Wildman–Crippen LogP) is 0.0436. The van der Waals surface area contributed by atoms with Crippen molar-refractivity contribution in [3.05, 3.63) is 24.0 Å². The largest absolute Gasteiger partial charge is 0.432 e. The van der Waals surface area contributed by atoms with Gasteiger partial charge in [-0.2, -0.15) is 0 Å². The molecule has 10 heavy (non-hydrogen) atoms. The molecule has 0 aliphatic heterocycles. The summed E-state index contributed by atoms with van der Waals surface area (Å²) in [4.78, 5) is 0. The van der Waals surface area contributed by atoms with Gasteiger partial charge in [0.15, 0.2) is 0 Å². The number of halogens is 1. The van der Waals surface area contributed by atoms with Crippen LogP contribution in [0.25, 0.3) is 11.1 Å². The van der Waals surface area contributed by atoms with Crippen LogP contribution in [0.2, 0.25) is 0 Å². The smallest absolute Gasteiger partial charge is 0.430 e. The Labute approximate surface area is 58.2 Å². The molecule has 0 heterocycles. The highest BCUT2D eigenvalue weighted by Crippen LogP contribution is 2.39. The Hall–Kier alpha value is -0.865. The Kier molecular flexibility index (Phi) is 2.04. The lowest BCUT2D eigenvalue weighted by molar-refractivity contribution is 0.448. The van der Waals surface area contributed by atoms with E-state index in [1.807, 2.05) is 6.07 Å². The summed E-state index contributed by atoms with van der Waals surface area (Å²) in [6, 6.07) is 5.42. The average Bonchev–Trinajstić information content (AvgIpc) is 2.41. The third-order valence-electron chi connectivity index (χ3n) is 1.23. The van der Waals surface area contributed by atoms with Gasteiger partial charge in [-0.1, -0.05) is 18.2 Å². The van der Waals surface area contributed by atoms with Crippen molar-refractivity contribution in [1.29, 1.82) is 0 Å². The van der Waals surface area contributed by atoms with Crippen molar-refractivity contribution in [2.75, 3.05) is 0 Å². The van der Waals surface area contributed by atoms with E-state index < -0.39 is 7.69 Å². The number of rotatable bonds is 0. The van der Waals surface area contributed by atoms with E-state index in [1.165, 1.54) is 0 Å². The molecule has 0 bridgehead atoms. The molecule has 0 radical (unpaired) electrons. The Bertz CT molecular complexity index is 219. The second-order valence-electron chi connectivity index (χ2n) is 1.81. The molecular formula is C6H6BFO2. The normalized spacial score (nSPS) is 9.50. The van der Waals surface area contributed by atoms with E-state index in [0.717, 1.165) is 11.1 Å². The fraction of sp³-hybridized carbons (Fsp3) is 0. The van der Waals surface area contributed by atoms with Gasteiger partial charge in [-0.25, -0.2) is 4.39 Å². The zero-order chi connectivity index (χ0) is 7.56. The maximum Gasteiger partial charge on any atom is 0.432 e. The second-order valence-corrected chi connectivity index (χ2v) is 1.81. The van der Waals surface area contributed by atoms with Crippen molar-refractivity contribution in [3.63, 3.8) is 0 Å². The van der Waals surface area contributed by atoms with Crippen LogP contribution in [0.4, 0.5) is 4.39 Å². The second kappa shape index (κ2) is 2.81. The molecule has 0 aromatic heterocycles. The molecule has 4 heteroatoms. The lowest BCUT2D eigenvalue weighted by Gasteiger charge is -1.54. The van der Waals surface area contributed by atoms with Gasteiger partial charge < -0.3 is 10.0 Å². The maximum absolute atomic E-state index is 12.0. The van der Waals surface area contributed by atoms with Crippen molar-refractivity contribution in [3.8, 4) is 11.1 Å². The predicted molar refractivity (Wildman–Crippen MR) is 37.0 cm³/mol. The van der Waals surface area contributed by atoms with Gasteiger partial charge in [0.2, 0.25) is 0 Å². The van der Waals surface area contributed by atoms with Gasteiger partial charge in [0.05, 0.1) is 0 Å². The van der Waals surface area contributed by atoms with E-state index in [0.29, 0.717) is 0 Å². The molecule has 52 valence electrons. The molecule has 2 nitrogen and oxygen atoms in total. The quantitative estimate of drug-likeness (QED) is 0.507. The first-order chi connectivity index (χ1) is 4.81. The molecule has 2 rings (SSSR count). The minimum Gasteiger partial charge on any atom is -0.430 e. The fourth-order valence-corrected chi connectivity index (χ4v) is 0.758. The fourth-order valence-electron chi connectivity index (χ4n) is 0.758. The van der Waals surface area contributed by atoms with Crippen LogP contribution < -0.4 is 0 Å². The molecule has 0 amide bonds. The monoisotopic (exact) mass is 140 g/mol. The number of hydrogen-bond acceptors (Lipinski definition) is 2. The zero-order valence-corrected chi connectivity index (χ0v) is 5.21. The molecular weight excluding hydrogens is 134 g/mol. The third kappa shape index (κ3) is 1.17. The average molecular weight is 140 g/mol. The highest BCUT2D eigenvalue weighted by Gasteiger charge is 2.22. The molecule has 0 saturated heterocycles. The van der Waals surface area contributed by atoms with Crippen molar-refractivity contribution < 1.29 is 14.4 Å². The molecule has 0 fully saturated rings. The molecule has 0 saturated carbocycles. The van der Waals surface area contributed by atoms with Crippen LogP contribution in [0.3, 0.4) is 0 Å². The minimum absolute atomic E-state index is 0.0116. The third-order valence-corrected chi connectivity index (χ3v) is 1.23. The minimum atomic E-state index is -0.750. The number of benzene rings is 1. The first kappa shape index (κ1) is 7.24. The van der Waals surface area contributed by atoms with E-state index in [4.69, 9.17) is 10.0 Å². The lowest BCUT2D eigenvalue weighted by Crippen LogP contribution is -1.75. The summed E-state index contributed by atoms with van der Waals surface area (Å²) in [6.45, 7) is 0. The Balaban J connectivity index is 0.000000148. The Morgan fingerprint density at radius 2 is 1.60 bits per heavy atom. The van der Waals surface area contributed by atoms with Crippen LogP contribution in [0.15, 0.2) is 18.2 Å². The van der Waals surface area contributed by atoms with Crippen molar-refractivity contribution in [2.45, 2.75) is 0 Å². The summed E-state index contributed by atoms with van der Waals surface area (Å²) >= 11 is 0. The van der Waals surface area contributed by atoms with Crippen molar-refractivity contribution >= 4 is 7.69 Å². The SMILES string of the molecule is Fc1c2cccc1-2.OBO. The van der Waals surface area contributed by atoms with E-state index in [2.05, 4.69) is 0 Å². The van der Waals surface area contributed by atoms with Gasteiger partial charge in [-0.15, -0.1) is 0 Å². The summed E-state index contributed by atoms with van der Waals surface area (Å²) in [7, 11) is -0.750.